The molecule has 1 saturated heterocycles. The third kappa shape index (κ3) is 5.32. The lowest BCUT2D eigenvalue weighted by atomic mass is 10.1. The summed E-state index contributed by atoms with van der Waals surface area (Å²) in [6, 6.07) is 8.81. The number of hydrogen-bond acceptors (Lipinski definition) is 7. The number of nitrogens with zero attached hydrogens (tertiary/aromatic N) is 3. The van der Waals surface area contributed by atoms with Crippen molar-refractivity contribution >= 4 is 33.0 Å². The molecule has 178 valence electrons. The van der Waals surface area contributed by atoms with Crippen molar-refractivity contribution in [1.82, 2.24) is 4.31 Å². The molecule has 1 heterocycles. The first-order chi connectivity index (χ1) is 15.7. The average molecular weight is 477 g/mol. The lowest BCUT2D eigenvalue weighted by molar-refractivity contribution is -0.385. The Balaban J connectivity index is 2.00. The van der Waals surface area contributed by atoms with Gasteiger partial charge in [-0.1, -0.05) is 13.8 Å². The van der Waals surface area contributed by atoms with E-state index in [1.807, 2.05) is 4.90 Å². The molecular weight excluding hydrogens is 448 g/mol. The maximum Gasteiger partial charge on any atom is 0.272 e. The SMILES string of the molecule is CCN(CC)S(=O)(=O)c1ccc(N2CCOCC2)c(NC(=O)c2ccc([N+](=O)[O-])c(C)c2)c1. The number of rotatable bonds is 8. The van der Waals surface area contributed by atoms with E-state index in [1.54, 1.807) is 32.9 Å². The van der Waals surface area contributed by atoms with Gasteiger partial charge in [-0.05, 0) is 37.3 Å². The zero-order chi connectivity index (χ0) is 24.2. The van der Waals surface area contributed by atoms with Gasteiger partial charge in [-0.15, -0.1) is 0 Å². The molecule has 0 unspecified atom stereocenters. The number of morpholine rings is 1. The number of carbonyl (C=O) groups excluding carboxylic acids is 1. The Morgan fingerprint density at radius 3 is 2.39 bits per heavy atom. The van der Waals surface area contributed by atoms with Crippen molar-refractivity contribution in [2.45, 2.75) is 25.7 Å². The fraction of sp³-hybridized carbons (Fsp3) is 0.409. The highest BCUT2D eigenvalue weighted by Gasteiger charge is 2.25. The van der Waals surface area contributed by atoms with Crippen LogP contribution in [0, 0.1) is 17.0 Å². The number of aryl methyl sites for hydroxylation is 1. The van der Waals surface area contributed by atoms with Gasteiger partial charge in [0.2, 0.25) is 10.0 Å². The molecule has 0 atom stereocenters. The Bertz CT molecular complexity index is 1140. The van der Waals surface area contributed by atoms with Crippen LogP contribution < -0.4 is 10.2 Å². The van der Waals surface area contributed by atoms with Crippen molar-refractivity contribution in [3.8, 4) is 0 Å². The summed E-state index contributed by atoms with van der Waals surface area (Å²) in [5.74, 6) is -0.486. The fourth-order valence-electron chi connectivity index (χ4n) is 3.76. The van der Waals surface area contributed by atoms with Crippen molar-refractivity contribution in [1.29, 1.82) is 0 Å². The van der Waals surface area contributed by atoms with Crippen LogP contribution in [-0.2, 0) is 14.8 Å². The van der Waals surface area contributed by atoms with Crippen LogP contribution >= 0.6 is 0 Å². The fourth-order valence-corrected chi connectivity index (χ4v) is 5.25. The predicted octanol–water partition coefficient (Wildman–Crippen LogP) is 3.02. The van der Waals surface area contributed by atoms with Crippen LogP contribution in [0.4, 0.5) is 17.1 Å². The van der Waals surface area contributed by atoms with Crippen molar-refractivity contribution in [2.75, 3.05) is 49.6 Å². The maximum absolute atomic E-state index is 13.1. The summed E-state index contributed by atoms with van der Waals surface area (Å²) in [7, 11) is -3.73. The molecular formula is C22H28N4O6S. The minimum Gasteiger partial charge on any atom is -0.378 e. The first kappa shape index (κ1) is 24.6. The second-order valence-electron chi connectivity index (χ2n) is 7.58. The predicted molar refractivity (Wildman–Crippen MR) is 125 cm³/mol. The molecule has 1 aliphatic rings. The van der Waals surface area contributed by atoms with Crippen LogP contribution in [0.15, 0.2) is 41.3 Å². The van der Waals surface area contributed by atoms with Crippen LogP contribution in [0.1, 0.15) is 29.8 Å². The molecule has 2 aromatic rings. The van der Waals surface area contributed by atoms with Gasteiger partial charge in [0.15, 0.2) is 0 Å². The molecule has 1 amide bonds. The maximum atomic E-state index is 13.1. The lowest BCUT2D eigenvalue weighted by Crippen LogP contribution is -2.37. The highest BCUT2D eigenvalue weighted by molar-refractivity contribution is 7.89. The summed E-state index contributed by atoms with van der Waals surface area (Å²) >= 11 is 0. The van der Waals surface area contributed by atoms with Crippen molar-refractivity contribution in [2.24, 2.45) is 0 Å². The Hall–Kier alpha value is -3.02. The van der Waals surface area contributed by atoms with Crippen LogP contribution in [0.5, 0.6) is 0 Å². The number of amides is 1. The largest absolute Gasteiger partial charge is 0.378 e. The van der Waals surface area contributed by atoms with E-state index in [2.05, 4.69) is 5.32 Å². The molecule has 1 N–H and O–H groups in total. The van der Waals surface area contributed by atoms with E-state index in [-0.39, 0.29) is 16.1 Å². The molecule has 1 fully saturated rings. The highest BCUT2D eigenvalue weighted by Crippen LogP contribution is 2.31. The molecule has 0 aliphatic carbocycles. The first-order valence-corrected chi connectivity index (χ1v) is 12.2. The minimum atomic E-state index is -3.73. The third-order valence-corrected chi connectivity index (χ3v) is 7.61. The van der Waals surface area contributed by atoms with Crippen LogP contribution in [0.2, 0.25) is 0 Å². The number of hydrogen-bond donors (Lipinski definition) is 1. The Kier molecular flexibility index (Phi) is 7.67. The van der Waals surface area contributed by atoms with Gasteiger partial charge in [0.1, 0.15) is 0 Å². The summed E-state index contributed by atoms with van der Waals surface area (Å²) in [5.41, 5.74) is 1.56. The summed E-state index contributed by atoms with van der Waals surface area (Å²) in [6.07, 6.45) is 0. The molecule has 0 saturated carbocycles. The number of ether oxygens (including phenoxy) is 1. The lowest BCUT2D eigenvalue weighted by Gasteiger charge is -2.31. The quantitative estimate of drug-likeness (QED) is 0.459. The van der Waals surface area contributed by atoms with Gasteiger partial charge >= 0.3 is 0 Å². The van der Waals surface area contributed by atoms with Gasteiger partial charge in [0, 0.05) is 43.4 Å². The standard InChI is InChI=1S/C22H28N4O6S/c1-4-25(5-2)33(30,31)18-7-9-21(24-10-12-32-13-11-24)19(15-18)23-22(27)17-6-8-20(26(28)29)16(3)14-17/h6-9,14-15H,4-5,10-13H2,1-3H3,(H,23,27). The van der Waals surface area contributed by atoms with Crippen molar-refractivity contribution in [3.63, 3.8) is 0 Å². The van der Waals surface area contributed by atoms with E-state index in [0.29, 0.717) is 56.3 Å². The van der Waals surface area contributed by atoms with E-state index < -0.39 is 20.9 Å². The average Bonchev–Trinajstić information content (AvgIpc) is 2.80. The molecule has 3 rings (SSSR count). The molecule has 0 spiro atoms. The van der Waals surface area contributed by atoms with Gasteiger partial charge in [0.25, 0.3) is 11.6 Å². The zero-order valence-electron chi connectivity index (χ0n) is 18.9. The molecule has 33 heavy (non-hydrogen) atoms. The van der Waals surface area contributed by atoms with Gasteiger partial charge in [0.05, 0.1) is 34.4 Å². The Morgan fingerprint density at radius 1 is 1.15 bits per heavy atom. The van der Waals surface area contributed by atoms with E-state index in [4.69, 9.17) is 4.74 Å². The second kappa shape index (κ2) is 10.3. The third-order valence-electron chi connectivity index (χ3n) is 5.57. The van der Waals surface area contributed by atoms with E-state index in [1.165, 1.54) is 28.6 Å². The smallest absolute Gasteiger partial charge is 0.272 e. The highest BCUT2D eigenvalue weighted by atomic mass is 32.2. The summed E-state index contributed by atoms with van der Waals surface area (Å²) in [4.78, 5) is 25.7. The van der Waals surface area contributed by atoms with E-state index >= 15 is 0 Å². The number of anilines is 2. The first-order valence-electron chi connectivity index (χ1n) is 10.7. The topological polar surface area (TPSA) is 122 Å². The summed E-state index contributed by atoms with van der Waals surface area (Å²) < 4.78 is 32.9. The van der Waals surface area contributed by atoms with Gasteiger partial charge in [-0.2, -0.15) is 4.31 Å². The van der Waals surface area contributed by atoms with Crippen molar-refractivity contribution in [3.05, 3.63) is 57.6 Å². The number of benzene rings is 2. The monoisotopic (exact) mass is 476 g/mol. The van der Waals surface area contributed by atoms with Crippen molar-refractivity contribution < 1.29 is 22.9 Å². The summed E-state index contributed by atoms with van der Waals surface area (Å²) in [5, 5.41) is 13.9. The Labute approximate surface area is 193 Å². The van der Waals surface area contributed by atoms with E-state index in [0.717, 1.165) is 0 Å². The molecule has 0 bridgehead atoms. The second-order valence-corrected chi connectivity index (χ2v) is 9.52. The zero-order valence-corrected chi connectivity index (χ0v) is 19.7. The van der Waals surface area contributed by atoms with Crippen LogP contribution in [0.25, 0.3) is 0 Å². The van der Waals surface area contributed by atoms with Crippen LogP contribution in [-0.4, -0.2) is 62.9 Å². The van der Waals surface area contributed by atoms with E-state index in [9.17, 15) is 23.3 Å². The number of sulfonamides is 1. The molecule has 1 aliphatic heterocycles. The van der Waals surface area contributed by atoms with Gasteiger partial charge in [-0.3, -0.25) is 14.9 Å². The minimum absolute atomic E-state index is 0.0760. The van der Waals surface area contributed by atoms with Gasteiger partial charge in [-0.25, -0.2) is 8.42 Å². The van der Waals surface area contributed by atoms with Gasteiger partial charge < -0.3 is 15.0 Å². The molecule has 10 nitrogen and oxygen atoms in total. The Morgan fingerprint density at radius 2 is 1.82 bits per heavy atom. The van der Waals surface area contributed by atoms with Crippen LogP contribution in [0.3, 0.4) is 0 Å². The molecule has 11 heteroatoms. The number of nitro groups is 1. The number of nitrogens with one attached hydrogen (secondary N) is 1. The molecule has 2 aromatic carbocycles. The normalized spacial score (nSPS) is 14.4. The number of nitro benzene ring substituents is 1. The molecule has 0 radical (unpaired) electrons. The number of carbonyl (C=O) groups is 1. The summed E-state index contributed by atoms with van der Waals surface area (Å²) in [6.45, 7) is 7.99. The molecule has 0 aromatic heterocycles.